The number of aromatic nitrogens is 5. The monoisotopic (exact) mass is 603 g/mol. The van der Waals surface area contributed by atoms with Crippen molar-refractivity contribution >= 4 is 52.3 Å². The summed E-state index contributed by atoms with van der Waals surface area (Å²) in [6.07, 6.45) is 2.88. The van der Waals surface area contributed by atoms with Gasteiger partial charge in [-0.2, -0.15) is 0 Å². The first kappa shape index (κ1) is 28.0. The predicted octanol–water partition coefficient (Wildman–Crippen LogP) is 4.57. The second kappa shape index (κ2) is 10.5. The van der Waals surface area contributed by atoms with Crippen molar-refractivity contribution in [3.63, 3.8) is 0 Å². The number of halogens is 2. The molecule has 0 spiro atoms. The smallest absolute Gasteiger partial charge is 0.333 e. The van der Waals surface area contributed by atoms with E-state index in [0.29, 0.717) is 33.6 Å². The lowest BCUT2D eigenvalue weighted by atomic mass is 10.1. The molecule has 0 saturated heterocycles. The number of pyridine rings is 1. The number of methoxy groups -OCH3 is 1. The molecule has 5 rings (SSSR count). The van der Waals surface area contributed by atoms with Gasteiger partial charge in [0.15, 0.2) is 11.6 Å². The van der Waals surface area contributed by atoms with Gasteiger partial charge in [0.2, 0.25) is 0 Å². The molecule has 0 saturated carbocycles. The van der Waals surface area contributed by atoms with E-state index in [1.54, 1.807) is 13.1 Å². The second-order valence-corrected chi connectivity index (χ2v) is 17.6. The molecule has 4 heterocycles. The van der Waals surface area contributed by atoms with Crippen LogP contribution in [0.4, 0.5) is 4.39 Å². The highest BCUT2D eigenvalue weighted by Crippen LogP contribution is 2.38. The molecule has 0 atom stereocenters. The maximum absolute atomic E-state index is 14.1. The zero-order valence-electron chi connectivity index (χ0n) is 22.5. The van der Waals surface area contributed by atoms with Crippen LogP contribution in [0.15, 0.2) is 45.0 Å². The number of nitrogens with zero attached hydrogens (tertiary/aromatic N) is 4. The minimum Gasteiger partial charge on any atom is -0.494 e. The van der Waals surface area contributed by atoms with Gasteiger partial charge < -0.3 is 14.5 Å². The van der Waals surface area contributed by atoms with E-state index in [1.807, 2.05) is 0 Å². The van der Waals surface area contributed by atoms with Crippen LogP contribution >= 0.6 is 22.9 Å². The number of thiophene rings is 1. The minimum atomic E-state index is -1.31. The maximum Gasteiger partial charge on any atom is 0.333 e. The fourth-order valence-electron chi connectivity index (χ4n) is 4.41. The Kier molecular flexibility index (Phi) is 7.33. The lowest BCUT2D eigenvalue weighted by molar-refractivity contribution is 0.0873. The van der Waals surface area contributed by atoms with Gasteiger partial charge in [-0.05, 0) is 24.2 Å². The van der Waals surface area contributed by atoms with Crippen molar-refractivity contribution in [2.75, 3.05) is 13.7 Å². The lowest BCUT2D eigenvalue weighted by Crippen LogP contribution is -2.33. The second-order valence-electron chi connectivity index (χ2n) is 10.5. The van der Waals surface area contributed by atoms with Crippen LogP contribution in [-0.2, 0) is 18.5 Å². The highest BCUT2D eigenvalue weighted by atomic mass is 35.5. The van der Waals surface area contributed by atoms with Gasteiger partial charge >= 0.3 is 11.4 Å². The molecular weight excluding hydrogens is 577 g/mol. The Morgan fingerprint density at radius 2 is 1.90 bits per heavy atom. The van der Waals surface area contributed by atoms with E-state index >= 15 is 0 Å². The average molecular weight is 604 g/mol. The number of ether oxygens (including phenoxy) is 2. The number of nitrogens with one attached hydrogen (secondary N) is 1. The molecule has 5 aromatic rings. The number of aryl methyl sites for hydroxylation is 1. The molecule has 0 aliphatic rings. The summed E-state index contributed by atoms with van der Waals surface area (Å²) in [5.41, 5.74) is 0.0406. The summed E-state index contributed by atoms with van der Waals surface area (Å²) in [5, 5.41) is 0.130. The van der Waals surface area contributed by atoms with Gasteiger partial charge in [-0.25, -0.2) is 18.5 Å². The number of hydrogen-bond donors (Lipinski definition) is 1. The summed E-state index contributed by atoms with van der Waals surface area (Å²) in [6.45, 7) is 7.26. The molecule has 0 amide bonds. The fraction of sp³-hybridized carbons (Fsp3) is 0.308. The summed E-state index contributed by atoms with van der Waals surface area (Å²) in [4.78, 5) is 47.6. The first-order valence-corrected chi connectivity index (χ1v) is 17.2. The Balaban J connectivity index is 1.63. The largest absolute Gasteiger partial charge is 0.494 e. The summed E-state index contributed by atoms with van der Waals surface area (Å²) in [5.74, 6) is -0.622. The number of imidazole rings is 1. The summed E-state index contributed by atoms with van der Waals surface area (Å²) >= 11 is 7.38. The van der Waals surface area contributed by atoms with Crippen molar-refractivity contribution in [1.82, 2.24) is 23.7 Å². The lowest BCUT2D eigenvalue weighted by Gasteiger charge is -2.15. The molecule has 0 bridgehead atoms. The van der Waals surface area contributed by atoms with E-state index in [-0.39, 0.29) is 33.6 Å². The Bertz CT molecular complexity index is 1950. The first-order valence-electron chi connectivity index (χ1n) is 12.3. The van der Waals surface area contributed by atoms with E-state index < -0.39 is 25.1 Å². The van der Waals surface area contributed by atoms with Gasteiger partial charge in [0.05, 0.1) is 46.8 Å². The summed E-state index contributed by atoms with van der Waals surface area (Å²) in [6, 6.07) is 5.12. The normalized spacial score (nSPS) is 12.1. The first-order chi connectivity index (χ1) is 18.9. The zero-order valence-corrected chi connectivity index (χ0v) is 25.1. The molecule has 14 heteroatoms. The number of aromatic amines is 1. The maximum atomic E-state index is 14.1. The van der Waals surface area contributed by atoms with Crippen LogP contribution in [0.2, 0.25) is 30.7 Å². The molecule has 0 aliphatic carbocycles. The number of fused-ring (bicyclic) bond motifs is 2. The highest BCUT2D eigenvalue weighted by molar-refractivity contribution is 7.22. The Hall–Kier alpha value is -3.52. The van der Waals surface area contributed by atoms with Gasteiger partial charge in [0.1, 0.15) is 11.4 Å². The van der Waals surface area contributed by atoms with Crippen LogP contribution in [0.5, 0.6) is 5.75 Å². The third kappa shape index (κ3) is 4.94. The summed E-state index contributed by atoms with van der Waals surface area (Å²) in [7, 11) is 1.59. The van der Waals surface area contributed by atoms with Gasteiger partial charge in [-0.1, -0.05) is 31.2 Å². The molecule has 40 heavy (non-hydrogen) atoms. The highest BCUT2D eigenvalue weighted by Gasteiger charge is 2.22. The number of hydrogen-bond acceptors (Lipinski definition) is 7. The van der Waals surface area contributed by atoms with Crippen molar-refractivity contribution in [1.29, 1.82) is 0 Å². The van der Waals surface area contributed by atoms with Crippen molar-refractivity contribution < 1.29 is 13.9 Å². The fourth-order valence-corrected chi connectivity index (χ4v) is 6.55. The van der Waals surface area contributed by atoms with Crippen molar-refractivity contribution in [3.8, 4) is 21.9 Å². The Morgan fingerprint density at radius 3 is 2.60 bits per heavy atom. The van der Waals surface area contributed by atoms with Gasteiger partial charge in [0.25, 0.3) is 5.56 Å². The molecule has 10 nitrogen and oxygen atoms in total. The van der Waals surface area contributed by atoms with Crippen molar-refractivity contribution in [2.24, 2.45) is 7.05 Å². The molecule has 0 fully saturated rings. The zero-order chi connectivity index (χ0) is 28.9. The molecule has 1 N–H and O–H groups in total. The average Bonchev–Trinajstić information content (AvgIpc) is 3.41. The van der Waals surface area contributed by atoms with Gasteiger partial charge in [-0.3, -0.25) is 18.9 Å². The number of H-pyrrole nitrogens is 1. The van der Waals surface area contributed by atoms with E-state index in [2.05, 4.69) is 29.6 Å². The number of benzene rings is 1. The molecule has 0 radical (unpaired) electrons. The van der Waals surface area contributed by atoms with Crippen molar-refractivity contribution in [2.45, 2.75) is 32.4 Å². The standard InChI is InChI=1S/C26H27ClFN5O5SSi/c1-31-22-18(32(26(31)36)13-38-6-7-40(3,4)5)11-29-12-19(22)33-24(34)23-17(30-25(33)35)10-21(39-23)14-8-20(37-2)16(28)9-15(14)27/h8-12H,6-7,13H2,1-5H3,(H,30,35). The van der Waals surface area contributed by atoms with Gasteiger partial charge in [0, 0.05) is 32.2 Å². The summed E-state index contributed by atoms with van der Waals surface area (Å²) < 4.78 is 29.0. The molecule has 0 unspecified atom stereocenters. The Labute approximate surface area is 237 Å². The molecular formula is C26H27ClFN5O5SSi. The van der Waals surface area contributed by atoms with Crippen LogP contribution in [-0.4, -0.2) is 45.5 Å². The van der Waals surface area contributed by atoms with Crippen LogP contribution < -0.4 is 21.7 Å². The van der Waals surface area contributed by atoms with E-state index in [4.69, 9.17) is 21.1 Å². The molecule has 4 aromatic heterocycles. The minimum absolute atomic E-state index is 0.00426. The van der Waals surface area contributed by atoms with Crippen LogP contribution in [0.3, 0.4) is 0 Å². The van der Waals surface area contributed by atoms with Gasteiger partial charge in [-0.15, -0.1) is 11.3 Å². The van der Waals surface area contributed by atoms with E-state index in [1.165, 1.54) is 34.7 Å². The van der Waals surface area contributed by atoms with Crippen LogP contribution in [0, 0.1) is 5.82 Å². The SMILES string of the molecule is COc1cc(-c2cc3[nH]c(=O)n(-c4cncc5c4n(C)c(=O)n5COCC[Si](C)(C)C)c(=O)c3s2)c(Cl)cc1F. The quantitative estimate of drug-likeness (QED) is 0.205. The van der Waals surface area contributed by atoms with E-state index in [9.17, 15) is 18.8 Å². The van der Waals surface area contributed by atoms with Crippen molar-refractivity contribution in [3.05, 3.63) is 72.8 Å². The topological polar surface area (TPSA) is 113 Å². The molecule has 210 valence electrons. The number of rotatable bonds is 8. The van der Waals surface area contributed by atoms with E-state index in [0.717, 1.165) is 28.0 Å². The Morgan fingerprint density at radius 1 is 1.15 bits per heavy atom. The third-order valence-electron chi connectivity index (χ3n) is 6.56. The third-order valence-corrected chi connectivity index (χ3v) is 9.73. The molecule has 1 aromatic carbocycles. The van der Waals surface area contributed by atoms with Crippen LogP contribution in [0.1, 0.15) is 0 Å². The predicted molar refractivity (Wildman–Crippen MR) is 158 cm³/mol. The van der Waals surface area contributed by atoms with Crippen LogP contribution in [0.25, 0.3) is 37.4 Å². The molecule has 0 aliphatic heterocycles.